The zero-order valence-corrected chi connectivity index (χ0v) is 11.6. The SMILES string of the molecule is Cc1ccc(NC(C)c2cccc(C#N)c2)c(C)c1. The summed E-state index contributed by atoms with van der Waals surface area (Å²) in [6.07, 6.45) is 0. The summed E-state index contributed by atoms with van der Waals surface area (Å²) >= 11 is 0. The first-order chi connectivity index (χ1) is 9.10. The van der Waals surface area contributed by atoms with Crippen LogP contribution >= 0.6 is 0 Å². The van der Waals surface area contributed by atoms with E-state index in [1.807, 2.05) is 24.3 Å². The molecule has 0 aliphatic heterocycles. The Morgan fingerprint density at radius 3 is 2.58 bits per heavy atom. The van der Waals surface area contributed by atoms with Crippen molar-refractivity contribution in [2.24, 2.45) is 0 Å². The van der Waals surface area contributed by atoms with E-state index in [0.29, 0.717) is 5.56 Å². The van der Waals surface area contributed by atoms with Crippen molar-refractivity contribution in [3.8, 4) is 6.07 Å². The maximum atomic E-state index is 8.94. The van der Waals surface area contributed by atoms with Crippen molar-refractivity contribution in [1.82, 2.24) is 0 Å². The molecule has 0 aliphatic rings. The molecule has 1 unspecified atom stereocenters. The molecule has 0 heterocycles. The molecule has 2 nitrogen and oxygen atoms in total. The highest BCUT2D eigenvalue weighted by Crippen LogP contribution is 2.23. The topological polar surface area (TPSA) is 35.8 Å². The highest BCUT2D eigenvalue weighted by molar-refractivity contribution is 5.53. The summed E-state index contributed by atoms with van der Waals surface area (Å²) in [5.41, 5.74) is 5.47. The largest absolute Gasteiger partial charge is 0.378 e. The van der Waals surface area contributed by atoms with Gasteiger partial charge in [-0.1, -0.05) is 29.8 Å². The summed E-state index contributed by atoms with van der Waals surface area (Å²) in [4.78, 5) is 0. The lowest BCUT2D eigenvalue weighted by Crippen LogP contribution is -2.07. The first-order valence-corrected chi connectivity index (χ1v) is 6.44. The third-order valence-corrected chi connectivity index (χ3v) is 3.27. The van der Waals surface area contributed by atoms with Gasteiger partial charge < -0.3 is 5.32 Å². The molecule has 2 rings (SSSR count). The Bertz CT molecular complexity index is 623. The molecule has 2 aromatic carbocycles. The number of nitrogens with one attached hydrogen (secondary N) is 1. The Morgan fingerprint density at radius 1 is 1.11 bits per heavy atom. The van der Waals surface area contributed by atoms with E-state index < -0.39 is 0 Å². The van der Waals surface area contributed by atoms with Crippen molar-refractivity contribution in [1.29, 1.82) is 5.26 Å². The second kappa shape index (κ2) is 5.58. The standard InChI is InChI=1S/C17H18N2/c1-12-7-8-17(13(2)9-12)19-14(3)16-6-4-5-15(10-16)11-18/h4-10,14,19H,1-3H3. The summed E-state index contributed by atoms with van der Waals surface area (Å²) < 4.78 is 0. The molecule has 1 N–H and O–H groups in total. The van der Waals surface area contributed by atoms with Gasteiger partial charge in [0.15, 0.2) is 0 Å². The summed E-state index contributed by atoms with van der Waals surface area (Å²) in [5.74, 6) is 0. The molecule has 1 atom stereocenters. The quantitative estimate of drug-likeness (QED) is 0.879. The van der Waals surface area contributed by atoms with E-state index in [1.165, 1.54) is 11.1 Å². The molecule has 0 saturated carbocycles. The first kappa shape index (κ1) is 13.2. The first-order valence-electron chi connectivity index (χ1n) is 6.44. The van der Waals surface area contributed by atoms with Gasteiger partial charge in [0.1, 0.15) is 0 Å². The molecular formula is C17H18N2. The van der Waals surface area contributed by atoms with Gasteiger partial charge in [-0.25, -0.2) is 0 Å². The van der Waals surface area contributed by atoms with E-state index in [-0.39, 0.29) is 6.04 Å². The number of hydrogen-bond donors (Lipinski definition) is 1. The van der Waals surface area contributed by atoms with E-state index in [2.05, 4.69) is 50.4 Å². The van der Waals surface area contributed by atoms with Gasteiger partial charge in [0.05, 0.1) is 11.6 Å². The fourth-order valence-corrected chi connectivity index (χ4v) is 2.17. The minimum absolute atomic E-state index is 0.176. The predicted octanol–water partition coefficient (Wildman–Crippen LogP) is 4.35. The Kier molecular flexibility index (Phi) is 3.87. The van der Waals surface area contributed by atoms with E-state index in [0.717, 1.165) is 11.3 Å². The van der Waals surface area contributed by atoms with Crippen LogP contribution < -0.4 is 5.32 Å². The summed E-state index contributed by atoms with van der Waals surface area (Å²) in [5, 5.41) is 12.4. The van der Waals surface area contributed by atoms with Crippen molar-refractivity contribution >= 4 is 5.69 Å². The normalized spacial score (nSPS) is 11.7. The average Bonchev–Trinajstić information content (AvgIpc) is 2.42. The van der Waals surface area contributed by atoms with Gasteiger partial charge in [-0.2, -0.15) is 5.26 Å². The Morgan fingerprint density at radius 2 is 1.89 bits per heavy atom. The van der Waals surface area contributed by atoms with Crippen molar-refractivity contribution in [2.45, 2.75) is 26.8 Å². The Balaban J connectivity index is 2.20. The number of rotatable bonds is 3. The highest BCUT2D eigenvalue weighted by atomic mass is 14.9. The summed E-state index contributed by atoms with van der Waals surface area (Å²) in [6.45, 7) is 6.31. The molecule has 96 valence electrons. The minimum atomic E-state index is 0.176. The van der Waals surface area contributed by atoms with Crippen molar-refractivity contribution in [2.75, 3.05) is 5.32 Å². The van der Waals surface area contributed by atoms with Gasteiger partial charge in [0, 0.05) is 11.7 Å². The van der Waals surface area contributed by atoms with Gasteiger partial charge in [-0.15, -0.1) is 0 Å². The number of nitrogens with zero attached hydrogens (tertiary/aromatic N) is 1. The molecular weight excluding hydrogens is 232 g/mol. The minimum Gasteiger partial charge on any atom is -0.378 e. The number of anilines is 1. The summed E-state index contributed by atoms with van der Waals surface area (Å²) in [6, 6.07) is 16.5. The number of hydrogen-bond acceptors (Lipinski definition) is 2. The third-order valence-electron chi connectivity index (χ3n) is 3.27. The zero-order valence-electron chi connectivity index (χ0n) is 11.6. The second-order valence-corrected chi connectivity index (χ2v) is 4.92. The zero-order chi connectivity index (χ0) is 13.8. The van der Waals surface area contributed by atoms with Crippen LogP contribution in [0.3, 0.4) is 0 Å². The van der Waals surface area contributed by atoms with E-state index in [9.17, 15) is 0 Å². The second-order valence-electron chi connectivity index (χ2n) is 4.92. The lowest BCUT2D eigenvalue weighted by molar-refractivity contribution is 0.881. The van der Waals surface area contributed by atoms with Crippen LogP contribution in [0.1, 0.15) is 35.2 Å². The van der Waals surface area contributed by atoms with E-state index >= 15 is 0 Å². The van der Waals surface area contributed by atoms with Crippen LogP contribution in [-0.2, 0) is 0 Å². The summed E-state index contributed by atoms with van der Waals surface area (Å²) in [7, 11) is 0. The lowest BCUT2D eigenvalue weighted by atomic mass is 10.0. The fourth-order valence-electron chi connectivity index (χ4n) is 2.17. The van der Waals surface area contributed by atoms with Crippen molar-refractivity contribution in [3.05, 3.63) is 64.7 Å². The van der Waals surface area contributed by atoms with E-state index in [1.54, 1.807) is 0 Å². The van der Waals surface area contributed by atoms with Crippen LogP contribution in [0.2, 0.25) is 0 Å². The smallest absolute Gasteiger partial charge is 0.0991 e. The molecule has 0 saturated heterocycles. The number of nitriles is 1. The molecule has 19 heavy (non-hydrogen) atoms. The predicted molar refractivity (Wildman–Crippen MR) is 79.1 cm³/mol. The fraction of sp³-hybridized carbons (Fsp3) is 0.235. The maximum absolute atomic E-state index is 8.94. The molecule has 2 aromatic rings. The van der Waals surface area contributed by atoms with E-state index in [4.69, 9.17) is 5.26 Å². The van der Waals surface area contributed by atoms with Gasteiger partial charge in [-0.05, 0) is 50.1 Å². The van der Waals surface area contributed by atoms with Gasteiger partial charge >= 0.3 is 0 Å². The monoisotopic (exact) mass is 250 g/mol. The van der Waals surface area contributed by atoms with Gasteiger partial charge in [-0.3, -0.25) is 0 Å². The highest BCUT2D eigenvalue weighted by Gasteiger charge is 2.07. The van der Waals surface area contributed by atoms with Crippen LogP contribution in [0.15, 0.2) is 42.5 Å². The van der Waals surface area contributed by atoms with Crippen molar-refractivity contribution < 1.29 is 0 Å². The Hall–Kier alpha value is -2.27. The molecule has 0 bridgehead atoms. The van der Waals surface area contributed by atoms with Crippen LogP contribution in [0.25, 0.3) is 0 Å². The van der Waals surface area contributed by atoms with Crippen LogP contribution in [0, 0.1) is 25.2 Å². The third kappa shape index (κ3) is 3.14. The molecule has 2 heteroatoms. The Labute approximate surface area is 114 Å². The van der Waals surface area contributed by atoms with Crippen LogP contribution in [0.5, 0.6) is 0 Å². The molecule has 0 aromatic heterocycles. The number of benzene rings is 2. The molecule has 0 fully saturated rings. The van der Waals surface area contributed by atoms with Crippen LogP contribution in [-0.4, -0.2) is 0 Å². The van der Waals surface area contributed by atoms with Gasteiger partial charge in [0.25, 0.3) is 0 Å². The average molecular weight is 250 g/mol. The lowest BCUT2D eigenvalue weighted by Gasteiger charge is -2.18. The molecule has 0 amide bonds. The van der Waals surface area contributed by atoms with Crippen molar-refractivity contribution in [3.63, 3.8) is 0 Å². The molecule has 0 spiro atoms. The van der Waals surface area contributed by atoms with Gasteiger partial charge in [0.2, 0.25) is 0 Å². The molecule has 0 radical (unpaired) electrons. The number of aryl methyl sites for hydroxylation is 2. The molecule has 0 aliphatic carbocycles. The van der Waals surface area contributed by atoms with Crippen LogP contribution in [0.4, 0.5) is 5.69 Å². The maximum Gasteiger partial charge on any atom is 0.0991 e.